The van der Waals surface area contributed by atoms with Crippen molar-refractivity contribution < 1.29 is 9.59 Å². The maximum atomic E-state index is 12.0. The Morgan fingerprint density at radius 2 is 1.96 bits per heavy atom. The van der Waals surface area contributed by atoms with Crippen LogP contribution in [0.4, 0.5) is 11.5 Å². The number of aromatic nitrogens is 1. The minimum absolute atomic E-state index is 0.0303. The second kappa shape index (κ2) is 7.70. The van der Waals surface area contributed by atoms with E-state index in [1.165, 1.54) is 0 Å². The highest BCUT2D eigenvalue weighted by molar-refractivity contribution is 6.03. The third-order valence-electron chi connectivity index (χ3n) is 3.92. The van der Waals surface area contributed by atoms with Crippen molar-refractivity contribution >= 4 is 23.3 Å². The summed E-state index contributed by atoms with van der Waals surface area (Å²) >= 11 is 0. The Balaban J connectivity index is 1.53. The largest absolute Gasteiger partial charge is 0.325 e. The lowest BCUT2D eigenvalue weighted by Crippen LogP contribution is -2.27. The van der Waals surface area contributed by atoms with Gasteiger partial charge in [0.15, 0.2) is 0 Å². The summed E-state index contributed by atoms with van der Waals surface area (Å²) in [5.74, 6) is 0.198. The summed E-state index contributed by atoms with van der Waals surface area (Å²) in [5, 5.41) is 8.85. The lowest BCUT2D eigenvalue weighted by atomic mass is 10.1. The molecule has 2 amide bonds. The van der Waals surface area contributed by atoms with E-state index in [9.17, 15) is 9.59 Å². The number of amides is 2. The maximum absolute atomic E-state index is 12.0. The number of nitrogens with zero attached hydrogens (tertiary/aromatic N) is 1. The van der Waals surface area contributed by atoms with Crippen molar-refractivity contribution in [2.45, 2.75) is 25.3 Å². The summed E-state index contributed by atoms with van der Waals surface area (Å²) in [6, 6.07) is 12.6. The topological polar surface area (TPSA) is 83.1 Å². The Morgan fingerprint density at radius 1 is 1.12 bits per heavy atom. The first kappa shape index (κ1) is 16.1. The van der Waals surface area contributed by atoms with Crippen LogP contribution < -0.4 is 16.0 Å². The first-order valence-corrected chi connectivity index (χ1v) is 8.06. The van der Waals surface area contributed by atoms with E-state index in [4.69, 9.17) is 0 Å². The van der Waals surface area contributed by atoms with Crippen molar-refractivity contribution in [2.24, 2.45) is 0 Å². The molecule has 3 rings (SSSR count). The zero-order valence-electron chi connectivity index (χ0n) is 13.3. The number of pyridine rings is 1. The monoisotopic (exact) mass is 324 g/mol. The van der Waals surface area contributed by atoms with Crippen LogP contribution in [-0.2, 0) is 4.79 Å². The number of carbonyl (C=O) groups excluding carboxylic acids is 2. The molecule has 1 atom stereocenters. The molecule has 0 bridgehead atoms. The summed E-state index contributed by atoms with van der Waals surface area (Å²) in [7, 11) is 0. The summed E-state index contributed by atoms with van der Waals surface area (Å²) in [4.78, 5) is 28.2. The molecule has 24 heavy (non-hydrogen) atoms. The van der Waals surface area contributed by atoms with E-state index in [0.717, 1.165) is 19.4 Å². The molecule has 0 spiro atoms. The van der Waals surface area contributed by atoms with Gasteiger partial charge in [0, 0.05) is 18.0 Å². The van der Waals surface area contributed by atoms with Crippen LogP contribution in [0.2, 0.25) is 0 Å². The first-order valence-electron chi connectivity index (χ1n) is 8.06. The van der Waals surface area contributed by atoms with Crippen LogP contribution in [-0.4, -0.2) is 29.4 Å². The molecule has 1 aliphatic heterocycles. The average molecular weight is 324 g/mol. The Morgan fingerprint density at radius 3 is 2.62 bits per heavy atom. The van der Waals surface area contributed by atoms with Crippen LogP contribution in [0.25, 0.3) is 0 Å². The summed E-state index contributed by atoms with van der Waals surface area (Å²) in [5.41, 5.74) is 1.19. The van der Waals surface area contributed by atoms with Gasteiger partial charge in [0.1, 0.15) is 5.82 Å². The number of rotatable bonds is 5. The fraction of sp³-hybridized carbons (Fsp3) is 0.278. The van der Waals surface area contributed by atoms with Gasteiger partial charge in [-0.1, -0.05) is 18.2 Å². The Hall–Kier alpha value is -2.73. The second-order valence-corrected chi connectivity index (χ2v) is 5.80. The number of benzene rings is 1. The zero-order valence-corrected chi connectivity index (χ0v) is 13.3. The van der Waals surface area contributed by atoms with Crippen molar-refractivity contribution in [3.63, 3.8) is 0 Å². The molecule has 0 radical (unpaired) electrons. The van der Waals surface area contributed by atoms with Crippen LogP contribution in [0, 0.1) is 0 Å². The summed E-state index contributed by atoms with van der Waals surface area (Å²) in [6.45, 7) is 0.981. The average Bonchev–Trinajstić information content (AvgIpc) is 3.10. The van der Waals surface area contributed by atoms with Gasteiger partial charge in [0.2, 0.25) is 5.91 Å². The molecule has 2 heterocycles. The van der Waals surface area contributed by atoms with Crippen LogP contribution >= 0.6 is 0 Å². The van der Waals surface area contributed by atoms with Gasteiger partial charge in [-0.2, -0.15) is 0 Å². The predicted molar refractivity (Wildman–Crippen MR) is 92.9 cm³/mol. The molecule has 1 saturated heterocycles. The maximum Gasteiger partial charge on any atom is 0.256 e. The van der Waals surface area contributed by atoms with Gasteiger partial charge < -0.3 is 16.0 Å². The van der Waals surface area contributed by atoms with Gasteiger partial charge >= 0.3 is 0 Å². The molecule has 1 unspecified atom stereocenters. The standard InChI is InChI=1S/C18H20N4O2/c23-17(11-14-7-4-10-19-14)21-15-8-9-16(20-12-15)22-18(24)13-5-2-1-3-6-13/h1-3,5-6,8-9,12,14,19H,4,7,10-11H2,(H,21,23)(H,20,22,24). The number of anilines is 2. The van der Waals surface area contributed by atoms with Crippen molar-refractivity contribution in [1.82, 2.24) is 10.3 Å². The molecule has 3 N–H and O–H groups in total. The van der Waals surface area contributed by atoms with Crippen molar-refractivity contribution in [2.75, 3.05) is 17.2 Å². The lowest BCUT2D eigenvalue weighted by molar-refractivity contribution is -0.116. The number of hydrogen-bond acceptors (Lipinski definition) is 4. The molecular formula is C18H20N4O2. The fourth-order valence-electron chi connectivity index (χ4n) is 2.69. The van der Waals surface area contributed by atoms with Crippen LogP contribution in [0.1, 0.15) is 29.6 Å². The summed E-state index contributed by atoms with van der Waals surface area (Å²) in [6.07, 6.45) is 4.17. The minimum atomic E-state index is -0.216. The van der Waals surface area contributed by atoms with Crippen LogP contribution in [0.3, 0.4) is 0 Å². The zero-order chi connectivity index (χ0) is 16.8. The van der Waals surface area contributed by atoms with E-state index in [-0.39, 0.29) is 17.9 Å². The molecule has 6 heteroatoms. The highest BCUT2D eigenvalue weighted by Gasteiger charge is 2.17. The SMILES string of the molecule is O=C(CC1CCCN1)Nc1ccc(NC(=O)c2ccccc2)nc1. The first-order chi connectivity index (χ1) is 11.7. The third-order valence-corrected chi connectivity index (χ3v) is 3.92. The second-order valence-electron chi connectivity index (χ2n) is 5.80. The van der Waals surface area contributed by atoms with Gasteiger partial charge in [-0.25, -0.2) is 4.98 Å². The van der Waals surface area contributed by atoms with Gasteiger partial charge in [-0.05, 0) is 43.7 Å². The number of carbonyl (C=O) groups is 2. The molecule has 0 aliphatic carbocycles. The van der Waals surface area contributed by atoms with Gasteiger partial charge in [0.05, 0.1) is 11.9 Å². The van der Waals surface area contributed by atoms with E-state index in [2.05, 4.69) is 20.9 Å². The highest BCUT2D eigenvalue weighted by Crippen LogP contribution is 2.13. The van der Waals surface area contributed by atoms with Gasteiger partial charge in [0.25, 0.3) is 5.91 Å². The third kappa shape index (κ3) is 4.39. The molecule has 6 nitrogen and oxygen atoms in total. The molecule has 124 valence electrons. The van der Waals surface area contributed by atoms with Crippen molar-refractivity contribution in [3.8, 4) is 0 Å². The Labute approximate surface area is 140 Å². The molecule has 1 aromatic heterocycles. The highest BCUT2D eigenvalue weighted by atomic mass is 16.2. The quantitative estimate of drug-likeness (QED) is 0.789. The molecule has 0 saturated carbocycles. The smallest absolute Gasteiger partial charge is 0.256 e. The molecule has 2 aromatic rings. The van der Waals surface area contributed by atoms with Gasteiger partial charge in [-0.3, -0.25) is 9.59 Å². The fourth-order valence-corrected chi connectivity index (χ4v) is 2.69. The van der Waals surface area contributed by atoms with Crippen LogP contribution in [0.15, 0.2) is 48.7 Å². The van der Waals surface area contributed by atoms with Crippen molar-refractivity contribution in [1.29, 1.82) is 0 Å². The predicted octanol–water partition coefficient (Wildman–Crippen LogP) is 2.41. The molecule has 1 aliphatic rings. The van der Waals surface area contributed by atoms with E-state index in [1.54, 1.807) is 42.6 Å². The number of nitrogens with one attached hydrogen (secondary N) is 3. The van der Waals surface area contributed by atoms with Gasteiger partial charge in [-0.15, -0.1) is 0 Å². The molecular weight excluding hydrogens is 304 g/mol. The van der Waals surface area contributed by atoms with E-state index < -0.39 is 0 Å². The minimum Gasteiger partial charge on any atom is -0.325 e. The number of hydrogen-bond donors (Lipinski definition) is 3. The Bertz CT molecular complexity index is 695. The normalized spacial score (nSPS) is 16.6. The van der Waals surface area contributed by atoms with Crippen molar-refractivity contribution in [3.05, 3.63) is 54.2 Å². The molecule has 1 fully saturated rings. The van der Waals surface area contributed by atoms with E-state index in [0.29, 0.717) is 23.5 Å². The lowest BCUT2D eigenvalue weighted by Gasteiger charge is -2.10. The van der Waals surface area contributed by atoms with E-state index >= 15 is 0 Å². The van der Waals surface area contributed by atoms with Crippen LogP contribution in [0.5, 0.6) is 0 Å². The Kier molecular flexibility index (Phi) is 5.18. The summed E-state index contributed by atoms with van der Waals surface area (Å²) < 4.78 is 0. The van der Waals surface area contributed by atoms with E-state index in [1.807, 2.05) is 6.07 Å². The molecule has 1 aromatic carbocycles.